The van der Waals surface area contributed by atoms with Gasteiger partial charge in [-0.1, -0.05) is 88.3 Å². The molecule has 28 heavy (non-hydrogen) atoms. The van der Waals surface area contributed by atoms with E-state index in [9.17, 15) is 0 Å². The summed E-state index contributed by atoms with van der Waals surface area (Å²) in [6, 6.07) is 9.43. The van der Waals surface area contributed by atoms with Crippen molar-refractivity contribution in [3.63, 3.8) is 0 Å². The van der Waals surface area contributed by atoms with Gasteiger partial charge in [-0.3, -0.25) is 0 Å². The van der Waals surface area contributed by atoms with Crippen LogP contribution in [0.15, 0.2) is 35.9 Å². The predicted octanol–water partition coefficient (Wildman–Crippen LogP) is 8.68. The third-order valence-corrected chi connectivity index (χ3v) is 7.65. The molecule has 0 unspecified atom stereocenters. The second-order valence-electron chi connectivity index (χ2n) is 9.75. The first-order chi connectivity index (χ1) is 13.8. The van der Waals surface area contributed by atoms with Crippen molar-refractivity contribution in [1.29, 1.82) is 0 Å². The summed E-state index contributed by atoms with van der Waals surface area (Å²) in [5.41, 5.74) is 4.74. The van der Waals surface area contributed by atoms with Crippen LogP contribution in [-0.4, -0.2) is 0 Å². The third-order valence-electron chi connectivity index (χ3n) is 7.65. The number of benzene rings is 1. The average Bonchev–Trinajstić information content (AvgIpc) is 2.75. The summed E-state index contributed by atoms with van der Waals surface area (Å²) in [4.78, 5) is 0. The number of allylic oxidation sites excluding steroid dienone is 2. The molecule has 0 spiro atoms. The van der Waals surface area contributed by atoms with Crippen LogP contribution in [0, 0.1) is 17.8 Å². The first-order valence-corrected chi connectivity index (χ1v) is 12.5. The zero-order valence-corrected chi connectivity index (χ0v) is 18.7. The molecule has 0 aliphatic heterocycles. The SMILES string of the molecule is CCCCCc1ccc(CC=C2CCC(C3CCC(CCC)CC3)CC2)cc1. The van der Waals surface area contributed by atoms with Crippen LogP contribution in [0.3, 0.4) is 0 Å². The molecule has 0 radical (unpaired) electrons. The Balaban J connectivity index is 1.38. The van der Waals surface area contributed by atoms with Crippen molar-refractivity contribution in [2.24, 2.45) is 17.8 Å². The molecule has 2 aliphatic rings. The lowest BCUT2D eigenvalue weighted by molar-refractivity contribution is 0.173. The van der Waals surface area contributed by atoms with E-state index in [1.807, 2.05) is 0 Å². The Bertz CT molecular complexity index is 561. The van der Waals surface area contributed by atoms with Crippen molar-refractivity contribution in [3.8, 4) is 0 Å². The highest BCUT2D eigenvalue weighted by Gasteiger charge is 2.28. The van der Waals surface area contributed by atoms with Crippen molar-refractivity contribution in [3.05, 3.63) is 47.0 Å². The highest BCUT2D eigenvalue weighted by Crippen LogP contribution is 2.42. The van der Waals surface area contributed by atoms with E-state index < -0.39 is 0 Å². The van der Waals surface area contributed by atoms with Gasteiger partial charge < -0.3 is 0 Å². The Morgan fingerprint density at radius 2 is 1.39 bits per heavy atom. The van der Waals surface area contributed by atoms with E-state index in [0.29, 0.717) is 0 Å². The van der Waals surface area contributed by atoms with E-state index in [-0.39, 0.29) is 0 Å². The molecule has 0 saturated heterocycles. The fourth-order valence-corrected chi connectivity index (χ4v) is 5.73. The van der Waals surface area contributed by atoms with E-state index in [2.05, 4.69) is 44.2 Å². The molecular weight excluding hydrogens is 336 g/mol. The smallest absolute Gasteiger partial charge is 0.00948 e. The molecule has 0 nitrogen and oxygen atoms in total. The summed E-state index contributed by atoms with van der Waals surface area (Å²) in [6.45, 7) is 4.63. The minimum atomic E-state index is 1.03. The molecule has 2 aliphatic carbocycles. The normalized spacial score (nSPS) is 25.6. The van der Waals surface area contributed by atoms with Crippen LogP contribution in [0.4, 0.5) is 0 Å². The molecule has 156 valence electrons. The van der Waals surface area contributed by atoms with Gasteiger partial charge in [-0.05, 0) is 86.7 Å². The van der Waals surface area contributed by atoms with E-state index in [1.165, 1.54) is 101 Å². The van der Waals surface area contributed by atoms with Crippen LogP contribution in [-0.2, 0) is 12.8 Å². The molecule has 2 fully saturated rings. The van der Waals surface area contributed by atoms with Crippen molar-refractivity contribution < 1.29 is 0 Å². The van der Waals surface area contributed by atoms with Gasteiger partial charge in [-0.2, -0.15) is 0 Å². The van der Waals surface area contributed by atoms with Crippen LogP contribution in [0.25, 0.3) is 0 Å². The van der Waals surface area contributed by atoms with Gasteiger partial charge in [0.05, 0.1) is 0 Å². The largest absolute Gasteiger partial charge is 0.0809 e. The lowest BCUT2D eigenvalue weighted by atomic mass is 9.69. The highest BCUT2D eigenvalue weighted by atomic mass is 14.3. The Labute approximate surface area is 175 Å². The second kappa shape index (κ2) is 11.8. The Hall–Kier alpha value is -1.04. The second-order valence-corrected chi connectivity index (χ2v) is 9.75. The van der Waals surface area contributed by atoms with Crippen molar-refractivity contribution in [2.45, 2.75) is 110 Å². The summed E-state index contributed by atoms with van der Waals surface area (Å²) < 4.78 is 0. The van der Waals surface area contributed by atoms with Gasteiger partial charge in [0, 0.05) is 0 Å². The molecule has 0 aromatic heterocycles. The van der Waals surface area contributed by atoms with Gasteiger partial charge in [0.15, 0.2) is 0 Å². The summed E-state index contributed by atoms with van der Waals surface area (Å²) in [7, 11) is 0. The molecule has 2 saturated carbocycles. The number of hydrogen-bond acceptors (Lipinski definition) is 0. The lowest BCUT2D eigenvalue weighted by Gasteiger charge is -2.36. The van der Waals surface area contributed by atoms with Gasteiger partial charge in [-0.15, -0.1) is 0 Å². The summed E-state index contributed by atoms with van der Waals surface area (Å²) >= 11 is 0. The van der Waals surface area contributed by atoms with Gasteiger partial charge in [0.2, 0.25) is 0 Å². The van der Waals surface area contributed by atoms with Crippen LogP contribution in [0.2, 0.25) is 0 Å². The summed E-state index contributed by atoms with van der Waals surface area (Å²) in [5, 5.41) is 0. The molecule has 0 N–H and O–H groups in total. The van der Waals surface area contributed by atoms with Gasteiger partial charge >= 0.3 is 0 Å². The first-order valence-electron chi connectivity index (χ1n) is 12.5. The molecule has 0 heterocycles. The summed E-state index contributed by atoms with van der Waals surface area (Å²) in [5.74, 6) is 3.13. The molecule has 1 aromatic carbocycles. The lowest BCUT2D eigenvalue weighted by Crippen LogP contribution is -2.24. The quantitative estimate of drug-likeness (QED) is 0.297. The first kappa shape index (κ1) is 21.7. The molecule has 0 atom stereocenters. The number of aryl methyl sites for hydroxylation is 1. The van der Waals surface area contributed by atoms with Crippen LogP contribution in [0.1, 0.15) is 108 Å². The number of hydrogen-bond donors (Lipinski definition) is 0. The molecule has 0 bridgehead atoms. The van der Waals surface area contributed by atoms with Crippen molar-refractivity contribution in [1.82, 2.24) is 0 Å². The van der Waals surface area contributed by atoms with Crippen molar-refractivity contribution in [2.75, 3.05) is 0 Å². The Morgan fingerprint density at radius 3 is 2.04 bits per heavy atom. The van der Waals surface area contributed by atoms with Crippen LogP contribution >= 0.6 is 0 Å². The summed E-state index contributed by atoms with van der Waals surface area (Å²) in [6.07, 6.45) is 23.6. The molecule has 0 amide bonds. The van der Waals surface area contributed by atoms with Gasteiger partial charge in [-0.25, -0.2) is 0 Å². The van der Waals surface area contributed by atoms with Gasteiger partial charge in [0.1, 0.15) is 0 Å². The minimum Gasteiger partial charge on any atom is -0.0809 e. The standard InChI is InChI=1S/C28H44/c1-3-5-6-8-24-9-11-25(12-10-24)13-14-26-17-21-28(22-18-26)27-19-15-23(7-4-2)16-20-27/h9-12,14,23,27-28H,3-8,13,15-22H2,1-2H3. The molecular formula is C28H44. The monoisotopic (exact) mass is 380 g/mol. The highest BCUT2D eigenvalue weighted by molar-refractivity contribution is 5.25. The zero-order valence-electron chi connectivity index (χ0n) is 18.7. The maximum Gasteiger partial charge on any atom is -0.00948 e. The fourth-order valence-electron chi connectivity index (χ4n) is 5.73. The fraction of sp³-hybridized carbons (Fsp3) is 0.714. The maximum atomic E-state index is 2.56. The van der Waals surface area contributed by atoms with E-state index in [4.69, 9.17) is 0 Å². The number of rotatable bonds is 9. The predicted molar refractivity (Wildman–Crippen MR) is 124 cm³/mol. The van der Waals surface area contributed by atoms with Gasteiger partial charge in [0.25, 0.3) is 0 Å². The molecule has 3 rings (SSSR count). The van der Waals surface area contributed by atoms with E-state index >= 15 is 0 Å². The van der Waals surface area contributed by atoms with E-state index in [0.717, 1.165) is 24.2 Å². The third kappa shape index (κ3) is 6.78. The topological polar surface area (TPSA) is 0 Å². The molecule has 1 aromatic rings. The molecule has 0 heteroatoms. The van der Waals surface area contributed by atoms with Crippen molar-refractivity contribution >= 4 is 0 Å². The Morgan fingerprint density at radius 1 is 0.750 bits per heavy atom. The number of unbranched alkanes of at least 4 members (excludes halogenated alkanes) is 2. The maximum absolute atomic E-state index is 2.56. The van der Waals surface area contributed by atoms with Crippen LogP contribution in [0.5, 0.6) is 0 Å². The van der Waals surface area contributed by atoms with E-state index in [1.54, 1.807) is 5.57 Å². The Kier molecular flexibility index (Phi) is 9.16. The average molecular weight is 381 g/mol. The zero-order chi connectivity index (χ0) is 19.6. The minimum absolute atomic E-state index is 1.03. The van der Waals surface area contributed by atoms with Crippen LogP contribution < -0.4 is 0 Å².